The molecule has 0 bridgehead atoms. The lowest BCUT2D eigenvalue weighted by Gasteiger charge is -2.28. The van der Waals surface area contributed by atoms with Crippen LogP contribution in [0.5, 0.6) is 5.75 Å². The number of amides is 3. The lowest BCUT2D eigenvalue weighted by Crippen LogP contribution is -2.43. The number of hydrogen-bond acceptors (Lipinski definition) is 6. The van der Waals surface area contributed by atoms with Crippen molar-refractivity contribution in [3.63, 3.8) is 0 Å². The van der Waals surface area contributed by atoms with Crippen molar-refractivity contribution in [2.24, 2.45) is 0 Å². The monoisotopic (exact) mass is 437 g/mol. The SMILES string of the molecule is COc1ccc(C)c(CN2C(=O)N(c3cnn(Cc4c(C)noc4C)c3)C(=O)C2(C)C)c1. The minimum absolute atomic E-state index is 0.292. The van der Waals surface area contributed by atoms with Crippen molar-refractivity contribution in [1.29, 1.82) is 0 Å². The topological polar surface area (TPSA) is 93.7 Å². The summed E-state index contributed by atoms with van der Waals surface area (Å²) in [7, 11) is 1.60. The Labute approximate surface area is 186 Å². The Morgan fingerprint density at radius 2 is 1.88 bits per heavy atom. The van der Waals surface area contributed by atoms with Crippen LogP contribution in [0.25, 0.3) is 0 Å². The summed E-state index contributed by atoms with van der Waals surface area (Å²) in [5.41, 5.74) is 3.09. The molecule has 1 saturated heterocycles. The summed E-state index contributed by atoms with van der Waals surface area (Å²) in [6, 6.07) is 5.34. The van der Waals surface area contributed by atoms with E-state index in [0.29, 0.717) is 30.3 Å². The van der Waals surface area contributed by atoms with Crippen LogP contribution in [0, 0.1) is 20.8 Å². The minimum Gasteiger partial charge on any atom is -0.497 e. The number of benzene rings is 1. The predicted molar refractivity (Wildman–Crippen MR) is 118 cm³/mol. The molecule has 0 spiro atoms. The van der Waals surface area contributed by atoms with Crippen molar-refractivity contribution >= 4 is 17.6 Å². The molecule has 3 heterocycles. The van der Waals surface area contributed by atoms with Gasteiger partial charge in [0, 0.05) is 18.3 Å². The van der Waals surface area contributed by atoms with Gasteiger partial charge in [0.1, 0.15) is 17.0 Å². The van der Waals surface area contributed by atoms with Crippen LogP contribution in [0.15, 0.2) is 35.1 Å². The van der Waals surface area contributed by atoms with Gasteiger partial charge in [-0.1, -0.05) is 11.2 Å². The second-order valence-corrected chi connectivity index (χ2v) is 8.56. The van der Waals surface area contributed by atoms with E-state index in [-0.39, 0.29) is 11.9 Å². The van der Waals surface area contributed by atoms with E-state index in [2.05, 4.69) is 10.3 Å². The zero-order chi connectivity index (χ0) is 23.2. The Morgan fingerprint density at radius 3 is 2.53 bits per heavy atom. The molecule has 168 valence electrons. The highest BCUT2D eigenvalue weighted by Gasteiger charge is 2.52. The first-order valence-electron chi connectivity index (χ1n) is 10.4. The van der Waals surface area contributed by atoms with Gasteiger partial charge in [0.2, 0.25) is 0 Å². The first-order valence-corrected chi connectivity index (χ1v) is 10.4. The molecule has 0 N–H and O–H groups in total. The molecule has 0 saturated carbocycles. The molecule has 1 aromatic carbocycles. The largest absolute Gasteiger partial charge is 0.497 e. The summed E-state index contributed by atoms with van der Waals surface area (Å²) < 4.78 is 12.2. The first kappa shape index (κ1) is 21.6. The molecule has 1 aliphatic heterocycles. The minimum atomic E-state index is -1.00. The highest BCUT2D eigenvalue weighted by Crippen LogP contribution is 2.34. The maximum atomic E-state index is 13.4. The number of anilines is 1. The van der Waals surface area contributed by atoms with Crippen molar-refractivity contribution in [1.82, 2.24) is 19.8 Å². The second kappa shape index (κ2) is 7.81. The van der Waals surface area contributed by atoms with E-state index in [1.165, 1.54) is 11.1 Å². The third-order valence-corrected chi connectivity index (χ3v) is 6.09. The van der Waals surface area contributed by atoms with Crippen molar-refractivity contribution in [2.45, 2.75) is 53.2 Å². The van der Waals surface area contributed by atoms with E-state index in [1.54, 1.807) is 36.7 Å². The van der Waals surface area contributed by atoms with E-state index in [1.807, 2.05) is 39.0 Å². The number of rotatable bonds is 6. The van der Waals surface area contributed by atoms with Crippen molar-refractivity contribution in [3.8, 4) is 5.75 Å². The zero-order valence-electron chi connectivity index (χ0n) is 19.2. The normalized spacial score (nSPS) is 15.7. The van der Waals surface area contributed by atoms with E-state index in [9.17, 15) is 9.59 Å². The Morgan fingerprint density at radius 1 is 1.12 bits per heavy atom. The number of carbonyl (C=O) groups is 2. The van der Waals surface area contributed by atoms with Crippen molar-refractivity contribution in [3.05, 3.63) is 58.7 Å². The van der Waals surface area contributed by atoms with Crippen LogP contribution in [-0.4, -0.2) is 44.4 Å². The second-order valence-electron chi connectivity index (χ2n) is 8.56. The molecule has 1 fully saturated rings. The molecule has 32 heavy (non-hydrogen) atoms. The molecule has 9 heteroatoms. The average molecular weight is 438 g/mol. The van der Waals surface area contributed by atoms with Gasteiger partial charge in [0.15, 0.2) is 0 Å². The first-order chi connectivity index (χ1) is 15.1. The van der Waals surface area contributed by atoms with Gasteiger partial charge >= 0.3 is 6.03 Å². The quantitative estimate of drug-likeness (QED) is 0.547. The highest BCUT2D eigenvalue weighted by atomic mass is 16.5. The molecular formula is C23H27N5O4. The van der Waals surface area contributed by atoms with Crippen LogP contribution in [0.4, 0.5) is 10.5 Å². The maximum Gasteiger partial charge on any atom is 0.332 e. The Bertz CT molecular complexity index is 1170. The molecule has 3 amide bonds. The third kappa shape index (κ3) is 3.53. The van der Waals surface area contributed by atoms with Gasteiger partial charge in [-0.2, -0.15) is 5.10 Å². The number of nitrogens with zero attached hydrogens (tertiary/aromatic N) is 5. The predicted octanol–water partition coefficient (Wildman–Crippen LogP) is 3.60. The molecule has 0 radical (unpaired) electrons. The van der Waals surface area contributed by atoms with Crippen LogP contribution in [0.3, 0.4) is 0 Å². The van der Waals surface area contributed by atoms with Gasteiger partial charge in [-0.05, 0) is 57.9 Å². The number of imide groups is 1. The molecule has 2 aromatic heterocycles. The van der Waals surface area contributed by atoms with E-state index >= 15 is 0 Å². The van der Waals surface area contributed by atoms with Crippen LogP contribution in [0.1, 0.15) is 42.0 Å². The van der Waals surface area contributed by atoms with Crippen molar-refractivity contribution < 1.29 is 18.8 Å². The number of carbonyl (C=O) groups excluding carboxylic acids is 2. The molecule has 1 aliphatic rings. The number of aromatic nitrogens is 3. The van der Waals surface area contributed by atoms with Crippen molar-refractivity contribution in [2.75, 3.05) is 12.0 Å². The van der Waals surface area contributed by atoms with E-state index in [0.717, 1.165) is 22.4 Å². The Balaban J connectivity index is 1.61. The fraction of sp³-hybridized carbons (Fsp3) is 0.391. The zero-order valence-corrected chi connectivity index (χ0v) is 19.2. The molecule has 0 unspecified atom stereocenters. The van der Waals surface area contributed by atoms with Crippen LogP contribution >= 0.6 is 0 Å². The lowest BCUT2D eigenvalue weighted by molar-refractivity contribution is -0.123. The summed E-state index contributed by atoms with van der Waals surface area (Å²) in [5.74, 6) is 1.13. The van der Waals surface area contributed by atoms with E-state index in [4.69, 9.17) is 9.26 Å². The Hall–Kier alpha value is -3.62. The van der Waals surface area contributed by atoms with Gasteiger partial charge in [-0.3, -0.25) is 9.48 Å². The molecule has 9 nitrogen and oxygen atoms in total. The smallest absolute Gasteiger partial charge is 0.332 e. The summed E-state index contributed by atoms with van der Waals surface area (Å²) in [6.07, 6.45) is 3.22. The number of hydrogen-bond donors (Lipinski definition) is 0. The molecule has 0 atom stereocenters. The third-order valence-electron chi connectivity index (χ3n) is 6.09. The lowest BCUT2D eigenvalue weighted by atomic mass is 10.0. The molecule has 4 rings (SSSR count). The highest BCUT2D eigenvalue weighted by molar-refractivity contribution is 6.22. The number of urea groups is 1. The summed E-state index contributed by atoms with van der Waals surface area (Å²) in [4.78, 5) is 29.4. The van der Waals surface area contributed by atoms with Gasteiger partial charge in [0.25, 0.3) is 5.91 Å². The number of aryl methyl sites for hydroxylation is 3. The summed E-state index contributed by atoms with van der Waals surface area (Å²) in [5, 5.41) is 8.30. The molecule has 0 aliphatic carbocycles. The van der Waals surface area contributed by atoms with Crippen LogP contribution in [-0.2, 0) is 17.9 Å². The van der Waals surface area contributed by atoms with Crippen LogP contribution in [0.2, 0.25) is 0 Å². The van der Waals surface area contributed by atoms with E-state index < -0.39 is 5.54 Å². The standard InChI is InChI=1S/C23H27N5O4/c1-14-7-8-19(31-6)9-17(14)11-27-22(30)28(21(29)23(27,4)5)18-10-24-26(12-18)13-20-15(2)25-32-16(20)3/h7-10,12H,11,13H2,1-6H3. The Kier molecular flexibility index (Phi) is 5.28. The van der Waals surface area contributed by atoms with Gasteiger partial charge < -0.3 is 14.2 Å². The molecular weight excluding hydrogens is 410 g/mol. The summed E-state index contributed by atoms with van der Waals surface area (Å²) in [6.45, 7) is 9.94. The average Bonchev–Trinajstić information content (AvgIpc) is 3.38. The fourth-order valence-corrected chi connectivity index (χ4v) is 3.89. The van der Waals surface area contributed by atoms with Gasteiger partial charge in [-0.25, -0.2) is 9.69 Å². The van der Waals surface area contributed by atoms with Crippen LogP contribution < -0.4 is 9.64 Å². The number of methoxy groups -OCH3 is 1. The summed E-state index contributed by atoms with van der Waals surface area (Å²) >= 11 is 0. The molecule has 3 aromatic rings. The van der Waals surface area contributed by atoms with Gasteiger partial charge in [0.05, 0.1) is 31.2 Å². The number of ether oxygens (including phenoxy) is 1. The van der Waals surface area contributed by atoms with Gasteiger partial charge in [-0.15, -0.1) is 0 Å². The fourth-order valence-electron chi connectivity index (χ4n) is 3.89. The maximum absolute atomic E-state index is 13.4.